The summed E-state index contributed by atoms with van der Waals surface area (Å²) in [6.45, 7) is 0.512. The fourth-order valence-electron chi connectivity index (χ4n) is 1.50. The van der Waals surface area contributed by atoms with Gasteiger partial charge in [-0.05, 0) is 42.8 Å². The van der Waals surface area contributed by atoms with E-state index in [9.17, 15) is 4.39 Å². The van der Waals surface area contributed by atoms with Crippen LogP contribution in [0.25, 0.3) is 0 Å². The lowest BCUT2D eigenvalue weighted by atomic mass is 10.1. The normalized spacial score (nSPS) is 10.6. The number of halogens is 2. The molecule has 1 aromatic heterocycles. The minimum absolute atomic E-state index is 0.271. The molecule has 0 spiro atoms. The molecule has 5 heteroatoms. The molecule has 0 fully saturated rings. The van der Waals surface area contributed by atoms with Crippen molar-refractivity contribution in [3.63, 3.8) is 0 Å². The van der Waals surface area contributed by atoms with E-state index in [-0.39, 0.29) is 5.82 Å². The van der Waals surface area contributed by atoms with Crippen LogP contribution in [0.2, 0.25) is 5.02 Å². The van der Waals surface area contributed by atoms with Crippen LogP contribution in [0, 0.1) is 5.82 Å². The Balaban J connectivity index is 2.22. The molecule has 0 saturated carbocycles. The topological polar surface area (TPSA) is 38.9 Å². The number of hydrogen-bond acceptors (Lipinski definition) is 3. The van der Waals surface area contributed by atoms with Crippen molar-refractivity contribution < 1.29 is 4.39 Å². The van der Waals surface area contributed by atoms with E-state index in [1.54, 1.807) is 24.4 Å². The predicted molar refractivity (Wildman–Crippen MR) is 72.5 cm³/mol. The molecular formula is C13H12ClFN2S. The van der Waals surface area contributed by atoms with E-state index < -0.39 is 0 Å². The quantitative estimate of drug-likeness (QED) is 0.932. The Bertz CT molecular complexity index is 548. The predicted octanol–water partition coefficient (Wildman–Crippen LogP) is 3.53. The summed E-state index contributed by atoms with van der Waals surface area (Å²) in [5.41, 5.74) is 6.33. The third kappa shape index (κ3) is 3.22. The first-order valence-electron chi connectivity index (χ1n) is 5.47. The van der Waals surface area contributed by atoms with Gasteiger partial charge in [-0.2, -0.15) is 0 Å². The molecule has 2 N–H and O–H groups in total. The van der Waals surface area contributed by atoms with E-state index in [4.69, 9.17) is 17.3 Å². The number of hydrogen-bond donors (Lipinski definition) is 1. The first-order valence-corrected chi connectivity index (χ1v) is 6.67. The Hall–Kier alpha value is -1.10. The molecule has 0 aliphatic heterocycles. The molecule has 1 heterocycles. The van der Waals surface area contributed by atoms with Crippen LogP contribution in [0.1, 0.15) is 5.56 Å². The zero-order chi connectivity index (χ0) is 13.0. The molecule has 2 nitrogen and oxygen atoms in total. The Morgan fingerprint density at radius 3 is 2.83 bits per heavy atom. The molecule has 0 radical (unpaired) electrons. The Labute approximate surface area is 114 Å². The Morgan fingerprint density at radius 1 is 1.33 bits per heavy atom. The maximum atomic E-state index is 13.9. The molecule has 0 saturated heterocycles. The van der Waals surface area contributed by atoms with Crippen molar-refractivity contribution in [2.45, 2.75) is 16.3 Å². The van der Waals surface area contributed by atoms with Gasteiger partial charge in [0.2, 0.25) is 0 Å². The first kappa shape index (κ1) is 13.3. The lowest BCUT2D eigenvalue weighted by Gasteiger charge is -2.06. The minimum Gasteiger partial charge on any atom is -0.330 e. The van der Waals surface area contributed by atoms with Gasteiger partial charge in [0.15, 0.2) is 0 Å². The average molecular weight is 283 g/mol. The standard InChI is InChI=1S/C13H12ClFN2S/c14-10-2-1-7-17-13(10)18-12-4-3-9(5-6-16)8-11(12)15/h1-4,7-8H,5-6,16H2. The molecular weight excluding hydrogens is 271 g/mol. The fourth-order valence-corrected chi connectivity index (χ4v) is 2.52. The second-order valence-electron chi connectivity index (χ2n) is 3.70. The molecule has 18 heavy (non-hydrogen) atoms. The summed E-state index contributed by atoms with van der Waals surface area (Å²) in [4.78, 5) is 4.63. The molecule has 0 unspecified atom stereocenters. The zero-order valence-corrected chi connectivity index (χ0v) is 11.1. The summed E-state index contributed by atoms with van der Waals surface area (Å²) in [6, 6.07) is 8.59. The molecule has 2 rings (SSSR count). The molecule has 2 aromatic rings. The summed E-state index contributed by atoms with van der Waals surface area (Å²) < 4.78 is 13.9. The molecule has 0 amide bonds. The zero-order valence-electron chi connectivity index (χ0n) is 9.57. The number of rotatable bonds is 4. The first-order chi connectivity index (χ1) is 8.70. The van der Waals surface area contributed by atoms with Crippen LogP contribution in [-0.4, -0.2) is 11.5 Å². The third-order valence-corrected chi connectivity index (χ3v) is 3.85. The maximum absolute atomic E-state index is 13.9. The van der Waals surface area contributed by atoms with E-state index in [0.29, 0.717) is 27.9 Å². The van der Waals surface area contributed by atoms with Gasteiger partial charge in [-0.25, -0.2) is 9.37 Å². The van der Waals surface area contributed by atoms with Gasteiger partial charge in [0, 0.05) is 11.1 Å². The largest absolute Gasteiger partial charge is 0.330 e. The van der Waals surface area contributed by atoms with Gasteiger partial charge in [0.1, 0.15) is 10.8 Å². The molecule has 1 aromatic carbocycles. The molecule has 0 bridgehead atoms. The van der Waals surface area contributed by atoms with Gasteiger partial charge in [-0.1, -0.05) is 29.4 Å². The number of pyridine rings is 1. The Kier molecular flexibility index (Phi) is 4.58. The molecule has 0 aliphatic rings. The second-order valence-corrected chi connectivity index (χ2v) is 5.13. The van der Waals surface area contributed by atoms with Crippen LogP contribution in [0.4, 0.5) is 4.39 Å². The van der Waals surface area contributed by atoms with Gasteiger partial charge >= 0.3 is 0 Å². The van der Waals surface area contributed by atoms with Crippen molar-refractivity contribution in [2.24, 2.45) is 5.73 Å². The SMILES string of the molecule is NCCc1ccc(Sc2ncccc2Cl)c(F)c1. The monoisotopic (exact) mass is 282 g/mol. The van der Waals surface area contributed by atoms with Crippen molar-refractivity contribution >= 4 is 23.4 Å². The van der Waals surface area contributed by atoms with Crippen LogP contribution < -0.4 is 5.73 Å². The van der Waals surface area contributed by atoms with Gasteiger partial charge in [-0.3, -0.25) is 0 Å². The summed E-state index contributed by atoms with van der Waals surface area (Å²) in [6.07, 6.45) is 2.31. The van der Waals surface area contributed by atoms with Crippen molar-refractivity contribution in [1.82, 2.24) is 4.98 Å². The van der Waals surface area contributed by atoms with Crippen LogP contribution in [0.3, 0.4) is 0 Å². The maximum Gasteiger partial charge on any atom is 0.137 e. The van der Waals surface area contributed by atoms with Gasteiger partial charge in [-0.15, -0.1) is 0 Å². The van der Waals surface area contributed by atoms with Crippen molar-refractivity contribution in [2.75, 3.05) is 6.54 Å². The summed E-state index contributed by atoms with van der Waals surface area (Å²) in [5.74, 6) is -0.271. The van der Waals surface area contributed by atoms with Gasteiger partial charge in [0.25, 0.3) is 0 Å². The third-order valence-electron chi connectivity index (χ3n) is 2.36. The average Bonchev–Trinajstić information content (AvgIpc) is 2.35. The van der Waals surface area contributed by atoms with Crippen LogP contribution in [0.5, 0.6) is 0 Å². The minimum atomic E-state index is -0.271. The smallest absolute Gasteiger partial charge is 0.137 e. The van der Waals surface area contributed by atoms with E-state index in [1.165, 1.54) is 17.8 Å². The molecule has 0 aliphatic carbocycles. The number of benzene rings is 1. The Morgan fingerprint density at radius 2 is 2.17 bits per heavy atom. The number of nitrogens with two attached hydrogens (primary N) is 1. The highest BCUT2D eigenvalue weighted by Gasteiger charge is 2.08. The van der Waals surface area contributed by atoms with E-state index in [0.717, 1.165) is 5.56 Å². The second kappa shape index (κ2) is 6.18. The summed E-state index contributed by atoms with van der Waals surface area (Å²) in [7, 11) is 0. The highest BCUT2D eigenvalue weighted by atomic mass is 35.5. The molecule has 0 atom stereocenters. The lowest BCUT2D eigenvalue weighted by Crippen LogP contribution is -2.02. The van der Waals surface area contributed by atoms with Gasteiger partial charge in [0.05, 0.1) is 5.02 Å². The van der Waals surface area contributed by atoms with E-state index >= 15 is 0 Å². The number of nitrogens with zero attached hydrogens (tertiary/aromatic N) is 1. The molecule has 94 valence electrons. The summed E-state index contributed by atoms with van der Waals surface area (Å²) >= 11 is 7.20. The van der Waals surface area contributed by atoms with Crippen molar-refractivity contribution in [3.05, 3.63) is 52.9 Å². The van der Waals surface area contributed by atoms with Crippen molar-refractivity contribution in [1.29, 1.82) is 0 Å². The van der Waals surface area contributed by atoms with Crippen LogP contribution in [-0.2, 0) is 6.42 Å². The van der Waals surface area contributed by atoms with E-state index in [2.05, 4.69) is 4.98 Å². The van der Waals surface area contributed by atoms with Crippen LogP contribution in [0.15, 0.2) is 46.5 Å². The van der Waals surface area contributed by atoms with Crippen molar-refractivity contribution in [3.8, 4) is 0 Å². The number of aromatic nitrogens is 1. The summed E-state index contributed by atoms with van der Waals surface area (Å²) in [5, 5.41) is 1.12. The fraction of sp³-hybridized carbons (Fsp3) is 0.154. The van der Waals surface area contributed by atoms with Crippen LogP contribution >= 0.6 is 23.4 Å². The highest BCUT2D eigenvalue weighted by molar-refractivity contribution is 7.99. The lowest BCUT2D eigenvalue weighted by molar-refractivity contribution is 0.599. The van der Waals surface area contributed by atoms with E-state index in [1.807, 2.05) is 6.07 Å². The van der Waals surface area contributed by atoms with Gasteiger partial charge < -0.3 is 5.73 Å². The highest BCUT2D eigenvalue weighted by Crippen LogP contribution is 2.33.